The number of hydrogen-bond acceptors (Lipinski definition) is 8. The molecule has 0 saturated carbocycles. The molecule has 0 bridgehead atoms. The van der Waals surface area contributed by atoms with Gasteiger partial charge in [0.1, 0.15) is 0 Å². The molecule has 38 heavy (non-hydrogen) atoms. The van der Waals surface area contributed by atoms with Crippen molar-refractivity contribution < 1.29 is 38.3 Å². The fourth-order valence-corrected chi connectivity index (χ4v) is 3.70. The zero-order chi connectivity index (χ0) is 27.7. The Kier molecular flexibility index (Phi) is 9.48. The summed E-state index contributed by atoms with van der Waals surface area (Å²) in [6, 6.07) is 12.2. The van der Waals surface area contributed by atoms with E-state index in [0.29, 0.717) is 34.3 Å². The summed E-state index contributed by atoms with van der Waals surface area (Å²) in [6.07, 6.45) is 6.52. The third-order valence-electron chi connectivity index (χ3n) is 5.62. The summed E-state index contributed by atoms with van der Waals surface area (Å²) >= 11 is 0. The number of rotatable bonds is 11. The van der Waals surface area contributed by atoms with E-state index in [0.717, 1.165) is 11.1 Å². The number of nitrogens with one attached hydrogen (secondary N) is 1. The molecule has 0 spiro atoms. The Balaban J connectivity index is 1.91. The van der Waals surface area contributed by atoms with Crippen LogP contribution >= 0.6 is 0 Å². The molecule has 3 rings (SSSR count). The molecule has 0 saturated heterocycles. The molecule has 0 aliphatic carbocycles. The van der Waals surface area contributed by atoms with Crippen LogP contribution in [0.1, 0.15) is 16.7 Å². The van der Waals surface area contributed by atoms with E-state index in [1.165, 1.54) is 41.6 Å². The molecule has 0 fully saturated rings. The summed E-state index contributed by atoms with van der Waals surface area (Å²) in [5.41, 5.74) is 2.22. The fourth-order valence-electron chi connectivity index (χ4n) is 3.70. The van der Waals surface area contributed by atoms with Gasteiger partial charge >= 0.3 is 0 Å². The van der Waals surface area contributed by atoms with Crippen molar-refractivity contribution in [2.24, 2.45) is 0 Å². The van der Waals surface area contributed by atoms with Crippen LogP contribution in [0.15, 0.2) is 48.5 Å². The minimum Gasteiger partial charge on any atom is -0.503 e. The number of phenolic OH excluding ortho intramolecular Hbond substituents is 1. The van der Waals surface area contributed by atoms with Crippen molar-refractivity contribution in [3.63, 3.8) is 0 Å². The number of methoxy groups -OCH3 is 6. The Morgan fingerprint density at radius 1 is 0.658 bits per heavy atom. The average Bonchev–Trinajstić information content (AvgIpc) is 2.95. The molecule has 200 valence electrons. The first-order valence-corrected chi connectivity index (χ1v) is 11.5. The zero-order valence-electron chi connectivity index (χ0n) is 22.2. The topological polar surface area (TPSA) is 105 Å². The number of carbonyl (C=O) groups excluding carboxylic acids is 1. The van der Waals surface area contributed by atoms with Crippen LogP contribution in [0.5, 0.6) is 40.2 Å². The molecule has 0 aliphatic rings. The highest BCUT2D eigenvalue weighted by Crippen LogP contribution is 2.40. The van der Waals surface area contributed by atoms with E-state index < -0.39 is 5.91 Å². The number of carbonyl (C=O) groups is 1. The lowest BCUT2D eigenvalue weighted by molar-refractivity contribution is -0.111. The minimum atomic E-state index is -0.453. The van der Waals surface area contributed by atoms with Crippen molar-refractivity contribution in [2.75, 3.05) is 48.0 Å². The molecule has 0 unspecified atom stereocenters. The highest BCUT2D eigenvalue weighted by molar-refractivity contribution is 6.04. The van der Waals surface area contributed by atoms with Gasteiger partial charge in [-0.15, -0.1) is 0 Å². The molecule has 0 radical (unpaired) electrons. The van der Waals surface area contributed by atoms with E-state index in [-0.39, 0.29) is 17.2 Å². The molecule has 0 aliphatic heterocycles. The van der Waals surface area contributed by atoms with Crippen LogP contribution in [-0.4, -0.2) is 53.7 Å². The van der Waals surface area contributed by atoms with Gasteiger partial charge in [-0.1, -0.05) is 18.2 Å². The Morgan fingerprint density at radius 2 is 1.24 bits per heavy atom. The number of ether oxygens (including phenoxy) is 6. The monoisotopic (exact) mass is 521 g/mol. The lowest BCUT2D eigenvalue weighted by Crippen LogP contribution is -2.09. The van der Waals surface area contributed by atoms with Crippen LogP contribution in [0.25, 0.3) is 18.2 Å². The molecule has 0 heterocycles. The van der Waals surface area contributed by atoms with Crippen molar-refractivity contribution in [1.29, 1.82) is 0 Å². The summed E-state index contributed by atoms with van der Waals surface area (Å²) in [6.45, 7) is 0. The average molecular weight is 522 g/mol. The van der Waals surface area contributed by atoms with Gasteiger partial charge in [0, 0.05) is 11.6 Å². The second-order valence-corrected chi connectivity index (χ2v) is 7.81. The minimum absolute atomic E-state index is 0.190. The smallest absolute Gasteiger partial charge is 0.248 e. The van der Waals surface area contributed by atoms with Gasteiger partial charge in [0.05, 0.1) is 48.3 Å². The predicted octanol–water partition coefficient (Wildman–Crippen LogP) is 5.27. The van der Waals surface area contributed by atoms with Crippen molar-refractivity contribution in [1.82, 2.24) is 0 Å². The van der Waals surface area contributed by atoms with Crippen LogP contribution in [0.2, 0.25) is 0 Å². The third kappa shape index (κ3) is 6.31. The second kappa shape index (κ2) is 13.0. The summed E-state index contributed by atoms with van der Waals surface area (Å²) in [5, 5.41) is 13.5. The Morgan fingerprint density at radius 3 is 1.82 bits per heavy atom. The van der Waals surface area contributed by atoms with E-state index >= 15 is 0 Å². The van der Waals surface area contributed by atoms with Crippen LogP contribution in [0, 0.1) is 0 Å². The van der Waals surface area contributed by atoms with Gasteiger partial charge in [-0.25, -0.2) is 0 Å². The van der Waals surface area contributed by atoms with Crippen LogP contribution in [-0.2, 0) is 4.79 Å². The molecule has 0 atom stereocenters. The van der Waals surface area contributed by atoms with Crippen molar-refractivity contribution in [3.05, 3.63) is 65.2 Å². The maximum absolute atomic E-state index is 12.8. The largest absolute Gasteiger partial charge is 0.503 e. The molecular formula is C29H31NO8. The van der Waals surface area contributed by atoms with Gasteiger partial charge in [-0.3, -0.25) is 4.79 Å². The lowest BCUT2D eigenvalue weighted by atomic mass is 10.1. The van der Waals surface area contributed by atoms with Gasteiger partial charge in [-0.2, -0.15) is 0 Å². The first kappa shape index (κ1) is 27.8. The van der Waals surface area contributed by atoms with Crippen LogP contribution < -0.4 is 33.7 Å². The number of anilines is 1. The molecule has 3 aromatic rings. The summed E-state index contributed by atoms with van der Waals surface area (Å²) in [5.74, 6) is 2.16. The summed E-state index contributed by atoms with van der Waals surface area (Å²) in [4.78, 5) is 12.8. The van der Waals surface area contributed by atoms with Crippen molar-refractivity contribution >= 4 is 29.8 Å². The van der Waals surface area contributed by atoms with E-state index in [9.17, 15) is 9.90 Å². The number of aromatic hydroxyl groups is 1. The number of amides is 1. The second-order valence-electron chi connectivity index (χ2n) is 7.81. The Labute approximate surface area is 221 Å². The van der Waals surface area contributed by atoms with Crippen LogP contribution in [0.4, 0.5) is 5.69 Å². The first-order chi connectivity index (χ1) is 18.4. The maximum atomic E-state index is 12.8. The van der Waals surface area contributed by atoms with E-state index in [1.807, 2.05) is 0 Å². The zero-order valence-corrected chi connectivity index (χ0v) is 22.2. The van der Waals surface area contributed by atoms with Crippen LogP contribution in [0.3, 0.4) is 0 Å². The quantitative estimate of drug-likeness (QED) is 0.200. The summed E-state index contributed by atoms with van der Waals surface area (Å²) < 4.78 is 32.0. The van der Waals surface area contributed by atoms with Gasteiger partial charge in [0.2, 0.25) is 11.7 Å². The van der Waals surface area contributed by atoms with Gasteiger partial charge < -0.3 is 38.8 Å². The van der Waals surface area contributed by atoms with Crippen molar-refractivity contribution in [3.8, 4) is 40.2 Å². The number of phenols is 1. The highest BCUT2D eigenvalue weighted by Gasteiger charge is 2.15. The first-order valence-electron chi connectivity index (χ1n) is 11.5. The molecule has 0 aromatic heterocycles. The molecular weight excluding hydrogens is 490 g/mol. The Bertz CT molecular complexity index is 1320. The van der Waals surface area contributed by atoms with Gasteiger partial charge in [0.15, 0.2) is 34.5 Å². The predicted molar refractivity (Wildman–Crippen MR) is 147 cm³/mol. The molecule has 3 aromatic carbocycles. The van der Waals surface area contributed by atoms with Gasteiger partial charge in [0.25, 0.3) is 0 Å². The SMILES string of the molecule is COc1ccc(/C=C/C(=O)Nc2c(/C=C/c3cc(OC)c(OC)c(OC)c3)ccc(OC)c2O)cc1OC. The lowest BCUT2D eigenvalue weighted by Gasteiger charge is -2.14. The fraction of sp³-hybridized carbons (Fsp3) is 0.207. The standard InChI is InChI=1S/C29H31NO8/c1-33-21-12-8-18(15-23(21)35-3)9-14-26(31)30-27-20(11-13-22(34-2)28(27)32)10-7-19-16-24(36-4)29(38-6)25(17-19)37-5/h7-17,32H,1-6H3,(H,30,31)/b10-7+,14-9+. The van der Waals surface area contributed by atoms with Crippen molar-refractivity contribution in [2.45, 2.75) is 0 Å². The third-order valence-corrected chi connectivity index (χ3v) is 5.62. The number of benzene rings is 3. The molecule has 9 nitrogen and oxygen atoms in total. The summed E-state index contributed by atoms with van der Waals surface area (Å²) in [7, 11) is 9.13. The normalized spacial score (nSPS) is 10.9. The highest BCUT2D eigenvalue weighted by atomic mass is 16.5. The maximum Gasteiger partial charge on any atom is 0.248 e. The van der Waals surface area contributed by atoms with Gasteiger partial charge in [-0.05, 0) is 53.6 Å². The van der Waals surface area contributed by atoms with E-state index in [2.05, 4.69) is 5.32 Å². The molecule has 9 heteroatoms. The molecule has 2 N–H and O–H groups in total. The van der Waals surface area contributed by atoms with E-state index in [4.69, 9.17) is 28.4 Å². The Hall–Kier alpha value is -4.79. The van der Waals surface area contributed by atoms with E-state index in [1.54, 1.807) is 67.8 Å². The number of hydrogen-bond donors (Lipinski definition) is 2. The molecule has 1 amide bonds.